The predicted molar refractivity (Wildman–Crippen MR) is 67.1 cm³/mol. The molecule has 0 aliphatic heterocycles. The van der Waals surface area contributed by atoms with Gasteiger partial charge in [0, 0.05) is 18.3 Å². The van der Waals surface area contributed by atoms with Crippen LogP contribution in [-0.4, -0.2) is 23.1 Å². The summed E-state index contributed by atoms with van der Waals surface area (Å²) < 4.78 is 5.27. The highest BCUT2D eigenvalue weighted by atomic mass is 16.6. The summed E-state index contributed by atoms with van der Waals surface area (Å²) in [6.45, 7) is 6.90. The van der Waals surface area contributed by atoms with Gasteiger partial charge in [0.1, 0.15) is 17.2 Å². The fourth-order valence-corrected chi connectivity index (χ4v) is 2.31. The van der Waals surface area contributed by atoms with Crippen LogP contribution in [-0.2, 0) is 19.1 Å². The van der Waals surface area contributed by atoms with Gasteiger partial charge in [-0.2, -0.15) is 0 Å². The van der Waals surface area contributed by atoms with Gasteiger partial charge in [0.15, 0.2) is 0 Å². The zero-order valence-electron chi connectivity index (χ0n) is 11.7. The summed E-state index contributed by atoms with van der Waals surface area (Å²) in [5.41, 5.74) is -1.23. The minimum atomic E-state index is -0.684. The third-order valence-corrected chi connectivity index (χ3v) is 3.41. The first-order chi connectivity index (χ1) is 8.15. The molecule has 1 aliphatic carbocycles. The largest absolute Gasteiger partial charge is 0.460 e. The van der Waals surface area contributed by atoms with Gasteiger partial charge in [-0.25, -0.2) is 0 Å². The Bertz CT molecular complexity index is 352. The summed E-state index contributed by atoms with van der Waals surface area (Å²) >= 11 is 0. The highest BCUT2D eigenvalue weighted by molar-refractivity contribution is 5.90. The SMILES string of the molecule is CC(=O)C1(CC(=O)OC(C)(C)C)CCC(=O)CC1. The van der Waals surface area contributed by atoms with Crippen LogP contribution >= 0.6 is 0 Å². The molecule has 0 N–H and O–H groups in total. The average molecular weight is 254 g/mol. The third-order valence-electron chi connectivity index (χ3n) is 3.41. The fourth-order valence-electron chi connectivity index (χ4n) is 2.31. The van der Waals surface area contributed by atoms with Crippen LogP contribution in [0.4, 0.5) is 0 Å². The Labute approximate surface area is 108 Å². The van der Waals surface area contributed by atoms with Gasteiger partial charge in [-0.05, 0) is 40.5 Å². The van der Waals surface area contributed by atoms with Gasteiger partial charge in [0.2, 0.25) is 0 Å². The van der Waals surface area contributed by atoms with Crippen LogP contribution in [0.5, 0.6) is 0 Å². The van der Waals surface area contributed by atoms with E-state index in [9.17, 15) is 14.4 Å². The van der Waals surface area contributed by atoms with Crippen molar-refractivity contribution in [3.63, 3.8) is 0 Å². The van der Waals surface area contributed by atoms with Gasteiger partial charge in [-0.1, -0.05) is 0 Å². The van der Waals surface area contributed by atoms with E-state index in [-0.39, 0.29) is 24.0 Å². The van der Waals surface area contributed by atoms with E-state index in [0.717, 1.165) is 0 Å². The molecule has 0 spiro atoms. The van der Waals surface area contributed by atoms with Crippen molar-refractivity contribution in [1.29, 1.82) is 0 Å². The Balaban J connectivity index is 2.72. The summed E-state index contributed by atoms with van der Waals surface area (Å²) in [7, 11) is 0. The van der Waals surface area contributed by atoms with Crippen LogP contribution in [0.3, 0.4) is 0 Å². The van der Waals surface area contributed by atoms with Crippen molar-refractivity contribution in [2.75, 3.05) is 0 Å². The van der Waals surface area contributed by atoms with Crippen LogP contribution in [0, 0.1) is 5.41 Å². The average Bonchev–Trinajstić information content (AvgIpc) is 2.18. The summed E-state index contributed by atoms with van der Waals surface area (Å²) in [5, 5.41) is 0. The van der Waals surface area contributed by atoms with E-state index in [2.05, 4.69) is 0 Å². The number of ether oxygens (including phenoxy) is 1. The molecular formula is C14H22O4. The summed E-state index contributed by atoms with van der Waals surface area (Å²) in [4.78, 5) is 34.9. The molecule has 0 heterocycles. The zero-order valence-corrected chi connectivity index (χ0v) is 11.7. The molecule has 0 aromatic heterocycles. The van der Waals surface area contributed by atoms with Crippen molar-refractivity contribution in [2.45, 2.75) is 65.4 Å². The number of carbonyl (C=O) groups is 3. The number of rotatable bonds is 3. The molecule has 1 fully saturated rings. The van der Waals surface area contributed by atoms with E-state index < -0.39 is 11.0 Å². The second kappa shape index (κ2) is 5.21. The monoisotopic (exact) mass is 254 g/mol. The van der Waals surface area contributed by atoms with Gasteiger partial charge in [0.05, 0.1) is 6.42 Å². The second-order valence-corrected chi connectivity index (χ2v) is 6.14. The molecule has 1 aliphatic rings. The standard InChI is InChI=1S/C14H22O4/c1-10(15)14(7-5-11(16)6-8-14)9-12(17)18-13(2,3)4/h5-9H2,1-4H3. The van der Waals surface area contributed by atoms with E-state index in [1.165, 1.54) is 6.92 Å². The van der Waals surface area contributed by atoms with Crippen LogP contribution in [0.1, 0.15) is 59.8 Å². The summed E-state index contributed by atoms with van der Waals surface area (Å²) in [6, 6.07) is 0. The first-order valence-electron chi connectivity index (χ1n) is 6.39. The third kappa shape index (κ3) is 3.93. The molecule has 4 nitrogen and oxygen atoms in total. The van der Waals surface area contributed by atoms with Gasteiger partial charge < -0.3 is 4.74 Å². The Morgan fingerprint density at radius 1 is 1.22 bits per heavy atom. The van der Waals surface area contributed by atoms with Gasteiger partial charge >= 0.3 is 5.97 Å². The molecule has 18 heavy (non-hydrogen) atoms. The van der Waals surface area contributed by atoms with E-state index in [1.54, 1.807) is 20.8 Å². The van der Waals surface area contributed by atoms with Crippen molar-refractivity contribution < 1.29 is 19.1 Å². The molecule has 0 bridgehead atoms. The lowest BCUT2D eigenvalue weighted by molar-refractivity contribution is -0.161. The van der Waals surface area contributed by atoms with Crippen molar-refractivity contribution >= 4 is 17.5 Å². The Hall–Kier alpha value is -1.19. The smallest absolute Gasteiger partial charge is 0.307 e. The summed E-state index contributed by atoms with van der Waals surface area (Å²) in [5.74, 6) is -0.191. The molecular weight excluding hydrogens is 232 g/mol. The normalized spacial score (nSPS) is 19.4. The van der Waals surface area contributed by atoms with Gasteiger partial charge in [-0.15, -0.1) is 0 Å². The molecule has 0 unspecified atom stereocenters. The van der Waals surface area contributed by atoms with E-state index in [0.29, 0.717) is 25.7 Å². The number of hydrogen-bond acceptors (Lipinski definition) is 4. The first kappa shape index (κ1) is 14.9. The lowest BCUT2D eigenvalue weighted by Crippen LogP contribution is -2.38. The predicted octanol–water partition coefficient (Wildman–Crippen LogP) is 2.44. The molecule has 0 atom stereocenters. The lowest BCUT2D eigenvalue weighted by Gasteiger charge is -2.34. The molecule has 0 saturated heterocycles. The van der Waals surface area contributed by atoms with Crippen molar-refractivity contribution in [3.8, 4) is 0 Å². The maximum atomic E-state index is 11.9. The maximum Gasteiger partial charge on any atom is 0.307 e. The molecule has 1 saturated carbocycles. The topological polar surface area (TPSA) is 60.4 Å². The van der Waals surface area contributed by atoms with E-state index in [1.807, 2.05) is 0 Å². The molecule has 0 radical (unpaired) electrons. The highest BCUT2D eigenvalue weighted by Crippen LogP contribution is 2.39. The van der Waals surface area contributed by atoms with Crippen LogP contribution < -0.4 is 0 Å². The van der Waals surface area contributed by atoms with Gasteiger partial charge in [-0.3, -0.25) is 14.4 Å². The fraction of sp³-hybridized carbons (Fsp3) is 0.786. The number of carbonyl (C=O) groups excluding carboxylic acids is 3. The van der Waals surface area contributed by atoms with E-state index in [4.69, 9.17) is 4.74 Å². The second-order valence-electron chi connectivity index (χ2n) is 6.14. The van der Waals surface area contributed by atoms with Crippen molar-refractivity contribution in [1.82, 2.24) is 0 Å². The minimum Gasteiger partial charge on any atom is -0.460 e. The van der Waals surface area contributed by atoms with Gasteiger partial charge in [0.25, 0.3) is 0 Å². The quantitative estimate of drug-likeness (QED) is 0.726. The van der Waals surface area contributed by atoms with E-state index >= 15 is 0 Å². The highest BCUT2D eigenvalue weighted by Gasteiger charge is 2.41. The molecule has 0 aromatic carbocycles. The Kier molecular flexibility index (Phi) is 4.30. The maximum absolute atomic E-state index is 11.9. The number of Topliss-reactive ketones (excluding diaryl/α,β-unsaturated/α-hetero) is 2. The molecule has 0 amide bonds. The Morgan fingerprint density at radius 3 is 2.11 bits per heavy atom. The number of ketones is 2. The van der Waals surface area contributed by atoms with Crippen molar-refractivity contribution in [3.05, 3.63) is 0 Å². The molecule has 1 rings (SSSR count). The lowest BCUT2D eigenvalue weighted by atomic mass is 9.69. The van der Waals surface area contributed by atoms with Crippen LogP contribution in [0.2, 0.25) is 0 Å². The Morgan fingerprint density at radius 2 is 1.72 bits per heavy atom. The number of esters is 1. The molecule has 4 heteroatoms. The van der Waals surface area contributed by atoms with Crippen LogP contribution in [0.25, 0.3) is 0 Å². The minimum absolute atomic E-state index is 0.0131. The van der Waals surface area contributed by atoms with Crippen LogP contribution in [0.15, 0.2) is 0 Å². The number of hydrogen-bond donors (Lipinski definition) is 0. The van der Waals surface area contributed by atoms with Crippen molar-refractivity contribution in [2.24, 2.45) is 5.41 Å². The molecule has 102 valence electrons. The molecule has 0 aromatic rings. The summed E-state index contributed by atoms with van der Waals surface area (Å²) in [6.07, 6.45) is 1.82. The zero-order chi connectivity index (χ0) is 14.0. The first-order valence-corrected chi connectivity index (χ1v) is 6.39.